The molecule has 0 saturated carbocycles. The van der Waals surface area contributed by atoms with Gasteiger partial charge in [-0.05, 0) is 0 Å². The van der Waals surface area contributed by atoms with E-state index in [0.717, 1.165) is 0 Å². The number of rotatable bonds is 5. The number of amides is 1. The van der Waals surface area contributed by atoms with Crippen LogP contribution in [0.4, 0.5) is 8.78 Å². The molecule has 68 valence electrons. The Labute approximate surface area is 68.5 Å². The van der Waals surface area contributed by atoms with Crippen LogP contribution in [0, 0.1) is 11.3 Å². The van der Waals surface area contributed by atoms with Crippen molar-refractivity contribution in [3.05, 3.63) is 0 Å². The molecule has 4 nitrogen and oxygen atoms in total. The molecule has 0 aliphatic carbocycles. The number of carbonyl (C=O) groups is 1. The summed E-state index contributed by atoms with van der Waals surface area (Å²) in [7, 11) is 0. The van der Waals surface area contributed by atoms with Crippen molar-refractivity contribution < 1.29 is 13.6 Å². The summed E-state index contributed by atoms with van der Waals surface area (Å²) in [5, 5.41) is 12.4. The lowest BCUT2D eigenvalue weighted by Gasteiger charge is -2.02. The first-order valence-electron chi connectivity index (χ1n) is 3.29. The smallest absolute Gasteiger partial charge is 0.250 e. The van der Waals surface area contributed by atoms with Crippen molar-refractivity contribution in [2.75, 3.05) is 19.6 Å². The van der Waals surface area contributed by atoms with Gasteiger partial charge in [-0.3, -0.25) is 4.79 Å². The molecular formula is C6H9F2N3O. The Kier molecular flexibility index (Phi) is 5.83. The van der Waals surface area contributed by atoms with Crippen LogP contribution in [0.25, 0.3) is 0 Å². The van der Waals surface area contributed by atoms with Gasteiger partial charge in [0.05, 0.1) is 19.2 Å². The van der Waals surface area contributed by atoms with Crippen molar-refractivity contribution in [2.45, 2.75) is 6.43 Å². The molecule has 2 N–H and O–H groups in total. The Balaban J connectivity index is 3.27. The number of nitriles is 1. The molecule has 0 aromatic rings. The first-order valence-corrected chi connectivity index (χ1v) is 3.29. The van der Waals surface area contributed by atoms with Gasteiger partial charge in [0.1, 0.15) is 6.54 Å². The standard InChI is InChI=1S/C6H9F2N3O/c7-5(8)3-10-4-6(12)11-2-1-9/h5,10H,2-4H2,(H,11,12). The number of halogens is 2. The lowest BCUT2D eigenvalue weighted by atomic mass is 10.5. The van der Waals surface area contributed by atoms with E-state index in [0.29, 0.717) is 0 Å². The minimum absolute atomic E-state index is 0.102. The molecule has 0 spiro atoms. The number of alkyl halides is 2. The lowest BCUT2D eigenvalue weighted by molar-refractivity contribution is -0.120. The lowest BCUT2D eigenvalue weighted by Crippen LogP contribution is -2.35. The van der Waals surface area contributed by atoms with E-state index in [1.165, 1.54) is 0 Å². The summed E-state index contributed by atoms with van der Waals surface area (Å²) < 4.78 is 23.0. The van der Waals surface area contributed by atoms with E-state index in [2.05, 4.69) is 10.6 Å². The van der Waals surface area contributed by atoms with Crippen molar-refractivity contribution in [1.29, 1.82) is 5.26 Å². The van der Waals surface area contributed by atoms with Gasteiger partial charge in [-0.2, -0.15) is 5.26 Å². The maximum atomic E-state index is 11.5. The van der Waals surface area contributed by atoms with Gasteiger partial charge < -0.3 is 10.6 Å². The number of nitrogens with one attached hydrogen (secondary N) is 2. The predicted octanol–water partition coefficient (Wildman–Crippen LogP) is -0.519. The Bertz CT molecular complexity index is 178. The molecular weight excluding hydrogens is 168 g/mol. The molecule has 0 aromatic carbocycles. The molecule has 0 rings (SSSR count). The summed E-state index contributed by atoms with van der Waals surface area (Å²) in [4.78, 5) is 10.6. The van der Waals surface area contributed by atoms with E-state index in [-0.39, 0.29) is 13.1 Å². The van der Waals surface area contributed by atoms with Crippen molar-refractivity contribution in [3.8, 4) is 6.07 Å². The van der Waals surface area contributed by atoms with Gasteiger partial charge >= 0.3 is 0 Å². The van der Waals surface area contributed by atoms with Crippen LogP contribution in [0.3, 0.4) is 0 Å². The second kappa shape index (κ2) is 6.49. The molecule has 0 unspecified atom stereocenters. The van der Waals surface area contributed by atoms with Crippen LogP contribution in [0.2, 0.25) is 0 Å². The molecule has 0 aliphatic heterocycles. The van der Waals surface area contributed by atoms with Crippen LogP contribution in [-0.4, -0.2) is 32.0 Å². The molecule has 0 fully saturated rings. The zero-order valence-electron chi connectivity index (χ0n) is 6.31. The minimum atomic E-state index is -2.46. The van der Waals surface area contributed by atoms with Crippen molar-refractivity contribution in [3.63, 3.8) is 0 Å². The SMILES string of the molecule is N#CCNC(=O)CNCC(F)F. The van der Waals surface area contributed by atoms with Gasteiger partial charge in [-0.1, -0.05) is 0 Å². The zero-order chi connectivity index (χ0) is 9.40. The highest BCUT2D eigenvalue weighted by Gasteiger charge is 2.03. The minimum Gasteiger partial charge on any atom is -0.342 e. The highest BCUT2D eigenvalue weighted by Crippen LogP contribution is 1.86. The third-order valence-corrected chi connectivity index (χ3v) is 0.949. The van der Waals surface area contributed by atoms with Crippen molar-refractivity contribution in [2.24, 2.45) is 0 Å². The quantitative estimate of drug-likeness (QED) is 0.555. The molecule has 0 bridgehead atoms. The summed E-state index contributed by atoms with van der Waals surface area (Å²) >= 11 is 0. The average Bonchev–Trinajstić information content (AvgIpc) is 2.00. The number of nitrogens with zero attached hydrogens (tertiary/aromatic N) is 1. The fourth-order valence-electron chi connectivity index (χ4n) is 0.495. The Morgan fingerprint density at radius 1 is 1.58 bits per heavy atom. The van der Waals surface area contributed by atoms with E-state index in [4.69, 9.17) is 5.26 Å². The molecule has 0 atom stereocenters. The van der Waals surface area contributed by atoms with E-state index in [1.807, 2.05) is 0 Å². The van der Waals surface area contributed by atoms with Gasteiger partial charge in [-0.25, -0.2) is 8.78 Å². The molecule has 0 saturated heterocycles. The van der Waals surface area contributed by atoms with Crippen LogP contribution in [0.1, 0.15) is 0 Å². The second-order valence-corrected chi connectivity index (χ2v) is 1.96. The van der Waals surface area contributed by atoms with Gasteiger partial charge in [0.2, 0.25) is 5.91 Å². The highest BCUT2D eigenvalue weighted by atomic mass is 19.3. The summed E-state index contributed by atoms with van der Waals surface area (Å²) in [6.45, 7) is -0.804. The Morgan fingerprint density at radius 2 is 2.25 bits per heavy atom. The van der Waals surface area contributed by atoms with Crippen LogP contribution in [-0.2, 0) is 4.79 Å². The molecule has 0 radical (unpaired) electrons. The fraction of sp³-hybridized carbons (Fsp3) is 0.667. The average molecular weight is 177 g/mol. The second-order valence-electron chi connectivity index (χ2n) is 1.96. The summed E-state index contributed by atoms with van der Waals surface area (Å²) in [5.41, 5.74) is 0. The van der Waals surface area contributed by atoms with Crippen molar-refractivity contribution >= 4 is 5.91 Å². The van der Waals surface area contributed by atoms with E-state index >= 15 is 0 Å². The van der Waals surface area contributed by atoms with E-state index in [9.17, 15) is 13.6 Å². The fourth-order valence-corrected chi connectivity index (χ4v) is 0.495. The predicted molar refractivity (Wildman–Crippen MR) is 37.5 cm³/mol. The largest absolute Gasteiger partial charge is 0.342 e. The molecule has 0 heterocycles. The van der Waals surface area contributed by atoms with Gasteiger partial charge in [0, 0.05) is 0 Å². The summed E-state index contributed by atoms with van der Waals surface area (Å²) in [5.74, 6) is -0.461. The van der Waals surface area contributed by atoms with Crippen LogP contribution < -0.4 is 10.6 Å². The zero-order valence-corrected chi connectivity index (χ0v) is 6.31. The van der Waals surface area contributed by atoms with E-state index < -0.39 is 18.9 Å². The first-order chi connectivity index (χ1) is 5.66. The molecule has 0 aliphatic rings. The highest BCUT2D eigenvalue weighted by molar-refractivity contribution is 5.78. The number of hydrogen-bond donors (Lipinski definition) is 2. The van der Waals surface area contributed by atoms with Crippen LogP contribution >= 0.6 is 0 Å². The van der Waals surface area contributed by atoms with E-state index in [1.54, 1.807) is 6.07 Å². The summed E-state index contributed by atoms with van der Waals surface area (Å²) in [6, 6.07) is 1.69. The van der Waals surface area contributed by atoms with Crippen molar-refractivity contribution in [1.82, 2.24) is 10.6 Å². The normalized spacial score (nSPS) is 9.50. The first kappa shape index (κ1) is 10.8. The van der Waals surface area contributed by atoms with Gasteiger partial charge in [-0.15, -0.1) is 0 Å². The number of carbonyl (C=O) groups excluding carboxylic acids is 1. The third kappa shape index (κ3) is 6.89. The van der Waals surface area contributed by atoms with Gasteiger partial charge in [0.25, 0.3) is 6.43 Å². The maximum absolute atomic E-state index is 11.5. The molecule has 1 amide bonds. The number of hydrogen-bond acceptors (Lipinski definition) is 3. The molecule has 6 heteroatoms. The topological polar surface area (TPSA) is 64.9 Å². The molecule has 0 aromatic heterocycles. The third-order valence-electron chi connectivity index (χ3n) is 0.949. The molecule has 12 heavy (non-hydrogen) atoms. The van der Waals surface area contributed by atoms with Crippen LogP contribution in [0.5, 0.6) is 0 Å². The Hall–Kier alpha value is -1.22. The monoisotopic (exact) mass is 177 g/mol. The van der Waals surface area contributed by atoms with Crippen LogP contribution in [0.15, 0.2) is 0 Å². The summed E-state index contributed by atoms with van der Waals surface area (Å²) in [6.07, 6.45) is -2.46. The Morgan fingerprint density at radius 3 is 2.75 bits per heavy atom. The van der Waals surface area contributed by atoms with Gasteiger partial charge in [0.15, 0.2) is 0 Å². The maximum Gasteiger partial charge on any atom is 0.250 e.